The summed E-state index contributed by atoms with van der Waals surface area (Å²) in [5.74, 6) is -0.268. The summed E-state index contributed by atoms with van der Waals surface area (Å²) < 4.78 is 19.4. The van der Waals surface area contributed by atoms with Crippen LogP contribution in [0.1, 0.15) is 35.2 Å². The fourth-order valence-electron chi connectivity index (χ4n) is 4.59. The van der Waals surface area contributed by atoms with Crippen LogP contribution in [0.4, 0.5) is 9.18 Å². The molecule has 170 valence electrons. The van der Waals surface area contributed by atoms with Crippen molar-refractivity contribution < 1.29 is 18.7 Å². The zero-order valence-electron chi connectivity index (χ0n) is 18.3. The molecular weight excluding hydrogens is 409 g/mol. The molecule has 0 aliphatic carbocycles. The van der Waals surface area contributed by atoms with E-state index in [1.165, 1.54) is 6.07 Å². The summed E-state index contributed by atoms with van der Waals surface area (Å²) in [6, 6.07) is 15.8. The van der Waals surface area contributed by atoms with Crippen LogP contribution < -0.4 is 5.32 Å². The second kappa shape index (κ2) is 10.1. The number of nitrogens with zero attached hydrogens (tertiary/aromatic N) is 2. The zero-order chi connectivity index (χ0) is 22.4. The van der Waals surface area contributed by atoms with E-state index in [4.69, 9.17) is 4.74 Å². The molecule has 4 rings (SSSR count). The number of carbonyl (C=O) groups excluding carboxylic acids is 2. The van der Waals surface area contributed by atoms with Gasteiger partial charge in [0.25, 0.3) is 5.91 Å². The first-order valence-electron chi connectivity index (χ1n) is 11.3. The van der Waals surface area contributed by atoms with Crippen LogP contribution >= 0.6 is 0 Å². The molecule has 0 spiro atoms. The van der Waals surface area contributed by atoms with Gasteiger partial charge in [0.05, 0.1) is 0 Å². The topological polar surface area (TPSA) is 61.9 Å². The van der Waals surface area contributed by atoms with Crippen LogP contribution in [0.25, 0.3) is 0 Å². The van der Waals surface area contributed by atoms with Crippen molar-refractivity contribution in [2.24, 2.45) is 0 Å². The summed E-state index contributed by atoms with van der Waals surface area (Å²) in [4.78, 5) is 29.3. The van der Waals surface area contributed by atoms with E-state index in [1.54, 1.807) is 17.0 Å². The average Bonchev–Trinajstić information content (AvgIpc) is 3.10. The molecule has 2 aliphatic heterocycles. The summed E-state index contributed by atoms with van der Waals surface area (Å²) in [6.45, 7) is 3.83. The van der Waals surface area contributed by atoms with Crippen molar-refractivity contribution >= 4 is 11.9 Å². The standard InChI is InChI=1S/C25H30FN3O3/c26-22-9-4-8-21(18-22)25(10-16-32-17-11-25)19-27-24(31)29-13-5-12-28(14-15-29)23(30)20-6-2-1-3-7-20/h1-4,6-9,18H,5,10-17,19H2,(H,27,31). The normalized spacial score (nSPS) is 18.7. The van der Waals surface area contributed by atoms with E-state index < -0.39 is 0 Å². The van der Waals surface area contributed by atoms with E-state index in [1.807, 2.05) is 41.3 Å². The quantitative estimate of drug-likeness (QED) is 0.794. The van der Waals surface area contributed by atoms with Crippen LogP contribution in [-0.4, -0.2) is 67.7 Å². The van der Waals surface area contributed by atoms with Gasteiger partial charge in [0.1, 0.15) is 5.82 Å². The molecule has 0 aromatic heterocycles. The Morgan fingerprint density at radius 2 is 1.66 bits per heavy atom. The largest absolute Gasteiger partial charge is 0.381 e. The number of hydrogen-bond donors (Lipinski definition) is 1. The van der Waals surface area contributed by atoms with E-state index in [-0.39, 0.29) is 23.2 Å². The van der Waals surface area contributed by atoms with Crippen LogP contribution in [0.5, 0.6) is 0 Å². The van der Waals surface area contributed by atoms with Crippen molar-refractivity contribution in [3.05, 3.63) is 71.5 Å². The van der Waals surface area contributed by atoms with E-state index in [0.29, 0.717) is 51.5 Å². The number of rotatable bonds is 4. The number of hydrogen-bond acceptors (Lipinski definition) is 3. The van der Waals surface area contributed by atoms with E-state index >= 15 is 0 Å². The van der Waals surface area contributed by atoms with Crippen molar-refractivity contribution in [1.29, 1.82) is 0 Å². The summed E-state index contributed by atoms with van der Waals surface area (Å²) in [5, 5.41) is 3.09. The third-order valence-corrected chi connectivity index (χ3v) is 6.56. The van der Waals surface area contributed by atoms with E-state index in [0.717, 1.165) is 24.8 Å². The molecule has 6 nitrogen and oxygen atoms in total. The molecule has 0 radical (unpaired) electrons. The minimum Gasteiger partial charge on any atom is -0.381 e. The molecule has 2 heterocycles. The van der Waals surface area contributed by atoms with Crippen molar-refractivity contribution in [2.45, 2.75) is 24.7 Å². The van der Waals surface area contributed by atoms with Crippen LogP contribution in [0.3, 0.4) is 0 Å². The van der Waals surface area contributed by atoms with Crippen LogP contribution in [-0.2, 0) is 10.2 Å². The number of carbonyl (C=O) groups is 2. The van der Waals surface area contributed by atoms with Gasteiger partial charge in [-0.05, 0) is 49.1 Å². The molecular formula is C25H30FN3O3. The van der Waals surface area contributed by atoms with Gasteiger partial charge in [-0.2, -0.15) is 0 Å². The molecule has 2 fully saturated rings. The van der Waals surface area contributed by atoms with Gasteiger partial charge < -0.3 is 19.9 Å². The monoisotopic (exact) mass is 439 g/mol. The second-order valence-corrected chi connectivity index (χ2v) is 8.56. The van der Waals surface area contributed by atoms with Gasteiger partial charge in [-0.3, -0.25) is 4.79 Å². The Kier molecular flexibility index (Phi) is 7.05. The third-order valence-electron chi connectivity index (χ3n) is 6.56. The molecule has 0 unspecified atom stereocenters. The van der Waals surface area contributed by atoms with Gasteiger partial charge in [-0.1, -0.05) is 30.3 Å². The summed E-state index contributed by atoms with van der Waals surface area (Å²) >= 11 is 0. The molecule has 0 atom stereocenters. The molecule has 3 amide bonds. The SMILES string of the molecule is O=C(NCC1(c2cccc(F)c2)CCOCC1)N1CCCN(C(=O)c2ccccc2)CC1. The maximum Gasteiger partial charge on any atom is 0.317 e. The average molecular weight is 440 g/mol. The molecule has 2 aromatic carbocycles. The number of halogens is 1. The summed E-state index contributed by atoms with van der Waals surface area (Å²) in [6.07, 6.45) is 2.20. The number of benzene rings is 2. The van der Waals surface area contributed by atoms with Crippen LogP contribution in [0, 0.1) is 5.82 Å². The summed E-state index contributed by atoms with van der Waals surface area (Å²) in [7, 11) is 0. The molecule has 32 heavy (non-hydrogen) atoms. The highest BCUT2D eigenvalue weighted by molar-refractivity contribution is 5.94. The van der Waals surface area contributed by atoms with E-state index in [2.05, 4.69) is 5.32 Å². The van der Waals surface area contributed by atoms with Gasteiger partial charge in [0.2, 0.25) is 0 Å². The number of ether oxygens (including phenoxy) is 1. The molecule has 7 heteroatoms. The van der Waals surface area contributed by atoms with Gasteiger partial charge in [-0.25, -0.2) is 9.18 Å². The number of urea groups is 1. The fraction of sp³-hybridized carbons (Fsp3) is 0.440. The summed E-state index contributed by atoms with van der Waals surface area (Å²) in [5.41, 5.74) is 1.23. The predicted octanol–water partition coefficient (Wildman–Crippen LogP) is 3.43. The maximum absolute atomic E-state index is 13.9. The maximum atomic E-state index is 13.9. The number of amides is 3. The van der Waals surface area contributed by atoms with Crippen molar-refractivity contribution in [1.82, 2.24) is 15.1 Å². The minimum absolute atomic E-state index is 0.000112. The molecule has 2 aliphatic rings. The Labute approximate surface area is 188 Å². The first-order chi connectivity index (χ1) is 15.6. The van der Waals surface area contributed by atoms with Crippen LogP contribution in [0.2, 0.25) is 0 Å². The van der Waals surface area contributed by atoms with Gasteiger partial charge >= 0.3 is 6.03 Å². The Morgan fingerprint density at radius 3 is 2.41 bits per heavy atom. The van der Waals surface area contributed by atoms with Crippen molar-refractivity contribution in [3.8, 4) is 0 Å². The highest BCUT2D eigenvalue weighted by Crippen LogP contribution is 2.34. The van der Waals surface area contributed by atoms with Crippen molar-refractivity contribution in [3.63, 3.8) is 0 Å². The molecule has 2 aromatic rings. The highest BCUT2D eigenvalue weighted by atomic mass is 19.1. The minimum atomic E-state index is -0.336. The molecule has 0 saturated carbocycles. The van der Waals surface area contributed by atoms with Crippen molar-refractivity contribution in [2.75, 3.05) is 45.9 Å². The number of nitrogens with one attached hydrogen (secondary N) is 1. The van der Waals surface area contributed by atoms with Gasteiger partial charge in [0.15, 0.2) is 0 Å². The Balaban J connectivity index is 1.37. The van der Waals surface area contributed by atoms with Crippen LogP contribution in [0.15, 0.2) is 54.6 Å². The lowest BCUT2D eigenvalue weighted by molar-refractivity contribution is 0.0500. The Morgan fingerprint density at radius 1 is 0.938 bits per heavy atom. The zero-order valence-corrected chi connectivity index (χ0v) is 18.3. The Bertz CT molecular complexity index is 931. The third kappa shape index (κ3) is 5.10. The lowest BCUT2D eigenvalue weighted by Gasteiger charge is -2.38. The lowest BCUT2D eigenvalue weighted by Crippen LogP contribution is -2.49. The first-order valence-corrected chi connectivity index (χ1v) is 11.3. The lowest BCUT2D eigenvalue weighted by atomic mass is 9.74. The Hall–Kier alpha value is -2.93. The predicted molar refractivity (Wildman–Crippen MR) is 120 cm³/mol. The fourth-order valence-corrected chi connectivity index (χ4v) is 4.59. The van der Waals surface area contributed by atoms with Gasteiger partial charge in [0, 0.05) is 56.9 Å². The highest BCUT2D eigenvalue weighted by Gasteiger charge is 2.35. The first kappa shape index (κ1) is 22.3. The van der Waals surface area contributed by atoms with E-state index in [9.17, 15) is 14.0 Å². The van der Waals surface area contributed by atoms with Gasteiger partial charge in [-0.15, -0.1) is 0 Å². The molecule has 0 bridgehead atoms. The smallest absolute Gasteiger partial charge is 0.317 e. The molecule has 1 N–H and O–H groups in total. The molecule has 2 saturated heterocycles. The second-order valence-electron chi connectivity index (χ2n) is 8.56.